The Morgan fingerprint density at radius 1 is 1.24 bits per heavy atom. The molecule has 2 heterocycles. The molecular formula is C17H22ClN5O2. The summed E-state index contributed by atoms with van der Waals surface area (Å²) in [5, 5.41) is 3.50. The number of benzene rings is 1. The van der Waals surface area contributed by atoms with Gasteiger partial charge in [0, 0.05) is 32.2 Å². The lowest BCUT2D eigenvalue weighted by Gasteiger charge is -2.26. The van der Waals surface area contributed by atoms with Crippen LogP contribution in [-0.2, 0) is 11.3 Å². The summed E-state index contributed by atoms with van der Waals surface area (Å²) in [6.07, 6.45) is 0. The molecule has 1 aromatic carbocycles. The highest BCUT2D eigenvalue weighted by molar-refractivity contribution is 6.29. The van der Waals surface area contributed by atoms with Gasteiger partial charge in [0.15, 0.2) is 0 Å². The van der Waals surface area contributed by atoms with Crippen LogP contribution in [0.3, 0.4) is 0 Å². The van der Waals surface area contributed by atoms with Crippen molar-refractivity contribution in [3.63, 3.8) is 0 Å². The molecule has 0 unspecified atom stereocenters. The fourth-order valence-corrected chi connectivity index (χ4v) is 2.77. The Kier molecular flexibility index (Phi) is 6.27. The number of rotatable bonds is 7. The van der Waals surface area contributed by atoms with E-state index in [0.717, 1.165) is 44.2 Å². The van der Waals surface area contributed by atoms with Gasteiger partial charge in [-0.3, -0.25) is 4.90 Å². The fourth-order valence-electron chi connectivity index (χ4n) is 2.58. The van der Waals surface area contributed by atoms with Gasteiger partial charge >= 0.3 is 0 Å². The van der Waals surface area contributed by atoms with Crippen molar-refractivity contribution >= 4 is 23.4 Å². The van der Waals surface area contributed by atoms with Crippen molar-refractivity contribution in [3.8, 4) is 5.75 Å². The van der Waals surface area contributed by atoms with Crippen molar-refractivity contribution in [2.45, 2.75) is 6.54 Å². The SMILES string of the molecule is Nc1nc(Cl)cc(NCc2cccc(OCCN3CCOCC3)c2)n1. The van der Waals surface area contributed by atoms with Gasteiger partial charge in [-0.1, -0.05) is 23.7 Å². The van der Waals surface area contributed by atoms with Gasteiger partial charge in [-0.2, -0.15) is 4.98 Å². The number of aromatic nitrogens is 2. The summed E-state index contributed by atoms with van der Waals surface area (Å²) in [6.45, 7) is 5.71. The van der Waals surface area contributed by atoms with Crippen LogP contribution in [0.1, 0.15) is 5.56 Å². The molecule has 0 amide bonds. The second-order valence-corrected chi connectivity index (χ2v) is 6.12. The van der Waals surface area contributed by atoms with Crippen LogP contribution in [-0.4, -0.2) is 54.3 Å². The first-order valence-electron chi connectivity index (χ1n) is 8.25. The van der Waals surface area contributed by atoms with Crippen LogP contribution < -0.4 is 15.8 Å². The Labute approximate surface area is 152 Å². The van der Waals surface area contributed by atoms with Crippen molar-refractivity contribution < 1.29 is 9.47 Å². The van der Waals surface area contributed by atoms with E-state index in [4.69, 9.17) is 26.8 Å². The van der Waals surface area contributed by atoms with E-state index in [0.29, 0.717) is 24.1 Å². The number of nitrogens with one attached hydrogen (secondary N) is 1. The summed E-state index contributed by atoms with van der Waals surface area (Å²) < 4.78 is 11.2. The van der Waals surface area contributed by atoms with Gasteiger partial charge < -0.3 is 20.5 Å². The lowest BCUT2D eigenvalue weighted by molar-refractivity contribution is 0.0322. The van der Waals surface area contributed by atoms with Gasteiger partial charge in [0.1, 0.15) is 23.3 Å². The average Bonchev–Trinajstić information content (AvgIpc) is 2.61. The van der Waals surface area contributed by atoms with E-state index in [-0.39, 0.29) is 5.95 Å². The van der Waals surface area contributed by atoms with Crippen LogP contribution in [0.2, 0.25) is 5.15 Å². The van der Waals surface area contributed by atoms with Crippen molar-refractivity contribution in [3.05, 3.63) is 41.0 Å². The number of morpholine rings is 1. The Morgan fingerprint density at radius 2 is 2.08 bits per heavy atom. The molecule has 2 aromatic rings. The van der Waals surface area contributed by atoms with E-state index in [9.17, 15) is 0 Å². The second kappa shape index (κ2) is 8.84. The van der Waals surface area contributed by atoms with Crippen molar-refractivity contribution in [2.75, 3.05) is 50.5 Å². The van der Waals surface area contributed by atoms with Crippen LogP contribution >= 0.6 is 11.6 Å². The molecule has 1 aliphatic rings. The van der Waals surface area contributed by atoms with Crippen LogP contribution in [0.15, 0.2) is 30.3 Å². The molecule has 1 aliphatic heterocycles. The minimum absolute atomic E-state index is 0.148. The summed E-state index contributed by atoms with van der Waals surface area (Å²) in [5.41, 5.74) is 6.67. The summed E-state index contributed by atoms with van der Waals surface area (Å²) >= 11 is 5.88. The Hall–Kier alpha value is -2.09. The Balaban J connectivity index is 1.48. The molecule has 1 aromatic heterocycles. The predicted octanol–water partition coefficient (Wildman–Crippen LogP) is 2.04. The number of halogens is 1. The molecule has 0 radical (unpaired) electrons. The largest absolute Gasteiger partial charge is 0.492 e. The minimum Gasteiger partial charge on any atom is -0.492 e. The van der Waals surface area contributed by atoms with Crippen LogP contribution in [0.25, 0.3) is 0 Å². The summed E-state index contributed by atoms with van der Waals surface area (Å²) in [7, 11) is 0. The van der Waals surface area contributed by atoms with E-state index in [1.54, 1.807) is 6.07 Å². The minimum atomic E-state index is 0.148. The van der Waals surface area contributed by atoms with Gasteiger partial charge in [0.25, 0.3) is 0 Å². The highest BCUT2D eigenvalue weighted by Gasteiger charge is 2.09. The normalized spacial score (nSPS) is 15.1. The number of hydrogen-bond acceptors (Lipinski definition) is 7. The van der Waals surface area contributed by atoms with Crippen molar-refractivity contribution in [1.82, 2.24) is 14.9 Å². The molecule has 0 aliphatic carbocycles. The molecule has 0 atom stereocenters. The average molecular weight is 364 g/mol. The standard InChI is InChI=1S/C17H22ClN5O2/c18-15-11-16(22-17(19)21-15)20-12-13-2-1-3-14(10-13)25-9-6-23-4-7-24-8-5-23/h1-3,10-11H,4-9,12H2,(H3,19,20,21,22). The number of hydrogen-bond donors (Lipinski definition) is 2. The number of nitrogens with two attached hydrogens (primary N) is 1. The molecule has 25 heavy (non-hydrogen) atoms. The van der Waals surface area contributed by atoms with Gasteiger partial charge in [-0.05, 0) is 17.7 Å². The van der Waals surface area contributed by atoms with E-state index in [2.05, 4.69) is 20.2 Å². The quantitative estimate of drug-likeness (QED) is 0.728. The highest BCUT2D eigenvalue weighted by atomic mass is 35.5. The predicted molar refractivity (Wildman–Crippen MR) is 98.0 cm³/mol. The third-order valence-corrected chi connectivity index (χ3v) is 4.06. The first-order valence-corrected chi connectivity index (χ1v) is 8.62. The van der Waals surface area contributed by atoms with Crippen molar-refractivity contribution in [2.24, 2.45) is 0 Å². The molecule has 0 saturated carbocycles. The fraction of sp³-hybridized carbons (Fsp3) is 0.412. The zero-order valence-corrected chi connectivity index (χ0v) is 14.7. The lowest BCUT2D eigenvalue weighted by Crippen LogP contribution is -2.38. The van der Waals surface area contributed by atoms with Crippen LogP contribution in [0, 0.1) is 0 Å². The maximum Gasteiger partial charge on any atom is 0.223 e. The lowest BCUT2D eigenvalue weighted by atomic mass is 10.2. The smallest absolute Gasteiger partial charge is 0.223 e. The summed E-state index contributed by atoms with van der Waals surface area (Å²) in [6, 6.07) is 9.61. The Bertz CT molecular complexity index is 674. The summed E-state index contributed by atoms with van der Waals surface area (Å²) in [4.78, 5) is 10.3. The van der Waals surface area contributed by atoms with Gasteiger partial charge in [0.05, 0.1) is 13.2 Å². The number of ether oxygens (including phenoxy) is 2. The molecule has 1 fully saturated rings. The van der Waals surface area contributed by atoms with Gasteiger partial charge in [-0.15, -0.1) is 0 Å². The molecule has 0 spiro atoms. The van der Waals surface area contributed by atoms with Gasteiger partial charge in [0.2, 0.25) is 5.95 Å². The second-order valence-electron chi connectivity index (χ2n) is 5.74. The zero-order valence-electron chi connectivity index (χ0n) is 13.9. The Morgan fingerprint density at radius 3 is 2.88 bits per heavy atom. The van der Waals surface area contributed by atoms with Crippen molar-refractivity contribution in [1.29, 1.82) is 0 Å². The first-order chi connectivity index (χ1) is 12.2. The molecule has 3 rings (SSSR count). The topological polar surface area (TPSA) is 85.5 Å². The third kappa shape index (κ3) is 5.74. The molecule has 0 bridgehead atoms. The van der Waals surface area contributed by atoms with E-state index in [1.807, 2.05) is 24.3 Å². The maximum atomic E-state index is 5.88. The third-order valence-electron chi connectivity index (χ3n) is 3.86. The van der Waals surface area contributed by atoms with E-state index < -0.39 is 0 Å². The maximum absolute atomic E-state index is 5.88. The van der Waals surface area contributed by atoms with Gasteiger partial charge in [-0.25, -0.2) is 4.98 Å². The number of nitrogens with zero attached hydrogens (tertiary/aromatic N) is 3. The molecule has 8 heteroatoms. The molecule has 7 nitrogen and oxygen atoms in total. The van der Waals surface area contributed by atoms with E-state index >= 15 is 0 Å². The van der Waals surface area contributed by atoms with Crippen LogP contribution in [0.4, 0.5) is 11.8 Å². The summed E-state index contributed by atoms with van der Waals surface area (Å²) in [5.74, 6) is 1.60. The molecular weight excluding hydrogens is 342 g/mol. The highest BCUT2D eigenvalue weighted by Crippen LogP contribution is 2.16. The number of anilines is 2. The van der Waals surface area contributed by atoms with E-state index in [1.165, 1.54) is 0 Å². The monoisotopic (exact) mass is 363 g/mol. The molecule has 3 N–H and O–H groups in total. The molecule has 134 valence electrons. The number of nitrogen functional groups attached to an aromatic ring is 1. The zero-order chi connectivity index (χ0) is 17.5. The molecule has 1 saturated heterocycles. The first kappa shape index (κ1) is 17.7. The van der Waals surface area contributed by atoms with Crippen LogP contribution in [0.5, 0.6) is 5.75 Å².